The maximum atomic E-state index is 11.8. The first kappa shape index (κ1) is 15.5. The van der Waals surface area contributed by atoms with Crippen LogP contribution in [0.5, 0.6) is 0 Å². The molecule has 2 aromatic rings. The van der Waals surface area contributed by atoms with Crippen molar-refractivity contribution in [1.82, 2.24) is 20.5 Å². The summed E-state index contributed by atoms with van der Waals surface area (Å²) in [5.41, 5.74) is 2.06. The third kappa shape index (κ3) is 4.04. The van der Waals surface area contributed by atoms with Crippen LogP contribution in [0.15, 0.2) is 10.2 Å². The van der Waals surface area contributed by atoms with Crippen molar-refractivity contribution in [3.63, 3.8) is 0 Å². The molecular weight excluding hydrogens is 288 g/mol. The van der Waals surface area contributed by atoms with Crippen LogP contribution in [0.4, 0.5) is 0 Å². The van der Waals surface area contributed by atoms with Crippen molar-refractivity contribution >= 4 is 17.2 Å². The topological polar surface area (TPSA) is 90.6 Å². The van der Waals surface area contributed by atoms with Crippen LogP contribution >= 0.6 is 11.3 Å². The van der Waals surface area contributed by atoms with Crippen molar-refractivity contribution in [2.45, 2.75) is 39.5 Å². The summed E-state index contributed by atoms with van der Waals surface area (Å²) < 4.78 is 0. The first-order valence-electron chi connectivity index (χ1n) is 6.94. The van der Waals surface area contributed by atoms with E-state index < -0.39 is 0 Å². The number of amides is 1. The Bertz CT molecular complexity index is 669. The second kappa shape index (κ2) is 6.71. The van der Waals surface area contributed by atoms with E-state index in [1.807, 2.05) is 0 Å². The maximum absolute atomic E-state index is 11.8. The Balaban J connectivity index is 1.80. The Hall–Kier alpha value is -1.89. The summed E-state index contributed by atoms with van der Waals surface area (Å²) in [4.78, 5) is 27.8. The van der Waals surface area contributed by atoms with E-state index in [0.29, 0.717) is 30.1 Å². The Labute approximate surface area is 127 Å². The number of nitrogens with one attached hydrogen (secondary N) is 3. The van der Waals surface area contributed by atoms with Crippen LogP contribution in [-0.4, -0.2) is 27.6 Å². The molecule has 0 radical (unpaired) electrons. The van der Waals surface area contributed by atoms with E-state index in [1.165, 1.54) is 0 Å². The summed E-state index contributed by atoms with van der Waals surface area (Å²) in [6.45, 7) is 6.52. The van der Waals surface area contributed by atoms with Crippen LogP contribution in [0.1, 0.15) is 41.7 Å². The molecule has 1 amide bonds. The van der Waals surface area contributed by atoms with Crippen molar-refractivity contribution in [2.24, 2.45) is 0 Å². The van der Waals surface area contributed by atoms with Crippen LogP contribution in [0.3, 0.4) is 0 Å². The van der Waals surface area contributed by atoms with E-state index in [4.69, 9.17) is 0 Å². The summed E-state index contributed by atoms with van der Waals surface area (Å²) >= 11 is 1.62. The van der Waals surface area contributed by atoms with Gasteiger partial charge in [0.1, 0.15) is 0 Å². The minimum Gasteiger partial charge on any atom is -0.355 e. The molecule has 0 aliphatic rings. The van der Waals surface area contributed by atoms with Crippen molar-refractivity contribution in [2.75, 3.05) is 6.54 Å². The number of hydrogen-bond donors (Lipinski definition) is 3. The largest absolute Gasteiger partial charge is 0.355 e. The fourth-order valence-electron chi connectivity index (χ4n) is 1.92. The van der Waals surface area contributed by atoms with Crippen LogP contribution in [-0.2, 0) is 17.6 Å². The zero-order chi connectivity index (χ0) is 15.4. The lowest BCUT2D eigenvalue weighted by Crippen LogP contribution is -2.28. The quantitative estimate of drug-likeness (QED) is 0.755. The van der Waals surface area contributed by atoms with Crippen LogP contribution in [0.2, 0.25) is 0 Å². The molecule has 0 atom stereocenters. The number of nitrogens with zero attached hydrogens (tertiary/aromatic N) is 1. The van der Waals surface area contributed by atoms with Crippen molar-refractivity contribution < 1.29 is 4.79 Å². The zero-order valence-electron chi connectivity index (χ0n) is 12.4. The number of thiazole rings is 1. The number of carbonyl (C=O) groups excluding carboxylic acids is 1. The van der Waals surface area contributed by atoms with Gasteiger partial charge < -0.3 is 10.4 Å². The SMILES string of the molecule is Cc1[nH][nH]c(=O)c1CC(=O)NCCc1nc(C(C)C)cs1. The van der Waals surface area contributed by atoms with E-state index in [1.54, 1.807) is 18.3 Å². The van der Waals surface area contributed by atoms with Crippen LogP contribution in [0, 0.1) is 6.92 Å². The van der Waals surface area contributed by atoms with Gasteiger partial charge in [-0.2, -0.15) is 0 Å². The molecule has 2 heterocycles. The molecular formula is C14H20N4O2S. The van der Waals surface area contributed by atoms with Crippen molar-refractivity contribution in [3.05, 3.63) is 37.7 Å². The van der Waals surface area contributed by atoms with Gasteiger partial charge in [0.05, 0.1) is 17.1 Å². The first-order chi connectivity index (χ1) is 9.97. The Morgan fingerprint density at radius 2 is 2.19 bits per heavy atom. The monoisotopic (exact) mass is 308 g/mol. The molecule has 7 heteroatoms. The molecule has 2 rings (SSSR count). The van der Waals surface area contributed by atoms with Crippen molar-refractivity contribution in [3.8, 4) is 0 Å². The molecule has 6 nitrogen and oxygen atoms in total. The van der Waals surface area contributed by atoms with Gasteiger partial charge in [-0.05, 0) is 12.8 Å². The van der Waals surface area contributed by atoms with Gasteiger partial charge >= 0.3 is 0 Å². The number of hydrogen-bond acceptors (Lipinski definition) is 4. The average Bonchev–Trinajstić information content (AvgIpc) is 3.01. The molecule has 21 heavy (non-hydrogen) atoms. The predicted octanol–water partition coefficient (Wildman–Crippen LogP) is 1.49. The zero-order valence-corrected chi connectivity index (χ0v) is 13.3. The lowest BCUT2D eigenvalue weighted by atomic mass is 10.2. The molecule has 0 bridgehead atoms. The highest BCUT2D eigenvalue weighted by atomic mass is 32.1. The number of carbonyl (C=O) groups is 1. The smallest absolute Gasteiger partial charge is 0.267 e. The minimum absolute atomic E-state index is 0.0970. The standard InChI is InChI=1S/C14H20N4O2S/c1-8(2)11-7-21-13(16-11)4-5-15-12(19)6-10-9(3)17-18-14(10)20/h7-8H,4-6H2,1-3H3,(H,15,19)(H2,17,18,20). The van der Waals surface area contributed by atoms with Gasteiger partial charge in [0.25, 0.3) is 5.56 Å². The van der Waals surface area contributed by atoms with E-state index in [9.17, 15) is 9.59 Å². The minimum atomic E-state index is -0.232. The molecule has 3 N–H and O–H groups in total. The Morgan fingerprint density at radius 1 is 1.43 bits per heavy atom. The van der Waals surface area contributed by atoms with E-state index >= 15 is 0 Å². The fourth-order valence-corrected chi connectivity index (χ4v) is 2.88. The number of rotatable bonds is 6. The highest BCUT2D eigenvalue weighted by molar-refractivity contribution is 7.09. The van der Waals surface area contributed by atoms with Gasteiger partial charge in [-0.3, -0.25) is 14.7 Å². The molecule has 0 saturated carbocycles. The fraction of sp³-hybridized carbons (Fsp3) is 0.500. The van der Waals surface area contributed by atoms with Gasteiger partial charge in [-0.25, -0.2) is 4.98 Å². The number of aryl methyl sites for hydroxylation is 1. The lowest BCUT2D eigenvalue weighted by Gasteiger charge is -2.03. The van der Waals surface area contributed by atoms with Gasteiger partial charge in [0.2, 0.25) is 5.91 Å². The molecule has 0 aliphatic heterocycles. The van der Waals surface area contributed by atoms with Crippen LogP contribution < -0.4 is 10.9 Å². The maximum Gasteiger partial charge on any atom is 0.267 e. The summed E-state index contributed by atoms with van der Waals surface area (Å²) in [6.07, 6.45) is 0.811. The Morgan fingerprint density at radius 3 is 2.76 bits per heavy atom. The van der Waals surface area contributed by atoms with Crippen molar-refractivity contribution in [1.29, 1.82) is 0 Å². The number of H-pyrrole nitrogens is 2. The summed E-state index contributed by atoms with van der Waals surface area (Å²) in [5.74, 6) is 0.275. The first-order valence-corrected chi connectivity index (χ1v) is 7.82. The molecule has 0 spiro atoms. The lowest BCUT2D eigenvalue weighted by molar-refractivity contribution is -0.120. The number of aromatic nitrogens is 3. The molecule has 2 aromatic heterocycles. The molecule has 0 unspecified atom stereocenters. The molecule has 0 aromatic carbocycles. The summed E-state index contributed by atoms with van der Waals surface area (Å²) in [5, 5.41) is 11.1. The second-order valence-electron chi connectivity index (χ2n) is 5.28. The van der Waals surface area contributed by atoms with Gasteiger partial charge in [0, 0.05) is 29.6 Å². The Kier molecular flexibility index (Phi) is 4.95. The molecule has 0 saturated heterocycles. The van der Waals surface area contributed by atoms with Gasteiger partial charge in [0.15, 0.2) is 0 Å². The van der Waals surface area contributed by atoms with Gasteiger partial charge in [-0.1, -0.05) is 13.8 Å². The molecule has 114 valence electrons. The summed E-state index contributed by atoms with van der Waals surface area (Å²) in [6, 6.07) is 0. The van der Waals surface area contributed by atoms with E-state index in [0.717, 1.165) is 10.7 Å². The van der Waals surface area contributed by atoms with E-state index in [-0.39, 0.29) is 17.9 Å². The van der Waals surface area contributed by atoms with Crippen LogP contribution in [0.25, 0.3) is 0 Å². The highest BCUT2D eigenvalue weighted by Gasteiger charge is 2.11. The second-order valence-corrected chi connectivity index (χ2v) is 6.22. The number of aromatic amines is 2. The third-order valence-corrected chi connectivity index (χ3v) is 4.18. The highest BCUT2D eigenvalue weighted by Crippen LogP contribution is 2.17. The molecule has 0 aliphatic carbocycles. The molecule has 0 fully saturated rings. The van der Waals surface area contributed by atoms with E-state index in [2.05, 4.69) is 39.7 Å². The normalized spacial score (nSPS) is 11.0. The van der Waals surface area contributed by atoms with Gasteiger partial charge in [-0.15, -0.1) is 11.3 Å². The summed E-state index contributed by atoms with van der Waals surface area (Å²) in [7, 11) is 0. The third-order valence-electron chi connectivity index (χ3n) is 3.25. The predicted molar refractivity (Wildman–Crippen MR) is 82.8 cm³/mol. The average molecular weight is 308 g/mol.